The number of benzene rings is 1. The summed E-state index contributed by atoms with van der Waals surface area (Å²) in [5.41, 5.74) is 7.01. The van der Waals surface area contributed by atoms with E-state index in [4.69, 9.17) is 12.2 Å². The Balaban J connectivity index is 2.24. The first-order chi connectivity index (χ1) is 9.49. The molecule has 108 valence electrons. The fraction of sp³-hybridized carbons (Fsp3) is 0.467. The number of nitrogens with zero attached hydrogens (tertiary/aromatic N) is 1. The molecule has 0 spiro atoms. The van der Waals surface area contributed by atoms with Gasteiger partial charge in [-0.05, 0) is 69.4 Å². The third kappa shape index (κ3) is 3.28. The molecule has 1 aromatic rings. The van der Waals surface area contributed by atoms with Crippen molar-refractivity contribution in [2.45, 2.75) is 46.1 Å². The highest BCUT2D eigenvalue weighted by molar-refractivity contribution is 7.80. The van der Waals surface area contributed by atoms with E-state index in [0.717, 1.165) is 30.5 Å². The zero-order valence-electron chi connectivity index (χ0n) is 12.2. The van der Waals surface area contributed by atoms with E-state index in [9.17, 15) is 5.11 Å². The van der Waals surface area contributed by atoms with E-state index < -0.39 is 0 Å². The minimum atomic E-state index is 0.268. The summed E-state index contributed by atoms with van der Waals surface area (Å²) >= 11 is 5.16. The molecule has 2 rings (SSSR count). The molecule has 1 aliphatic rings. The minimum Gasteiger partial charge on any atom is -0.507 e. The van der Waals surface area contributed by atoms with Crippen molar-refractivity contribution in [1.29, 1.82) is 0 Å². The van der Waals surface area contributed by atoms with Gasteiger partial charge in [0.15, 0.2) is 5.11 Å². The number of aryl methyl sites for hydroxylation is 1. The van der Waals surface area contributed by atoms with Crippen LogP contribution in [-0.2, 0) is 6.42 Å². The van der Waals surface area contributed by atoms with Gasteiger partial charge in [0.05, 0.1) is 5.71 Å². The molecule has 0 aromatic heterocycles. The van der Waals surface area contributed by atoms with Gasteiger partial charge >= 0.3 is 0 Å². The normalized spacial score (nSPS) is 16.1. The van der Waals surface area contributed by atoms with Crippen LogP contribution in [0.5, 0.6) is 5.75 Å². The van der Waals surface area contributed by atoms with Crippen molar-refractivity contribution in [3.8, 4) is 5.75 Å². The lowest BCUT2D eigenvalue weighted by molar-refractivity contribution is 0.472. The summed E-state index contributed by atoms with van der Waals surface area (Å²) < 4.78 is 0. The number of hydrogen-bond donors (Lipinski definition) is 3. The number of rotatable bonds is 2. The molecular formula is C15H21N3OS. The van der Waals surface area contributed by atoms with Crippen LogP contribution >= 0.6 is 12.2 Å². The molecule has 4 nitrogen and oxygen atoms in total. The van der Waals surface area contributed by atoms with Gasteiger partial charge < -0.3 is 10.4 Å². The molecular weight excluding hydrogens is 270 g/mol. The van der Waals surface area contributed by atoms with Crippen LogP contribution in [0.1, 0.15) is 43.4 Å². The van der Waals surface area contributed by atoms with Crippen LogP contribution < -0.4 is 10.7 Å². The molecule has 0 heterocycles. The number of nitrogens with one attached hydrogen (secondary N) is 2. The highest BCUT2D eigenvalue weighted by atomic mass is 32.1. The van der Waals surface area contributed by atoms with Crippen LogP contribution in [-0.4, -0.2) is 22.0 Å². The van der Waals surface area contributed by atoms with Crippen molar-refractivity contribution in [3.63, 3.8) is 0 Å². The SMILES string of the molecule is Cc1ccc(O)c2c1CCC/C2=N\NC(=S)NC(C)C. The smallest absolute Gasteiger partial charge is 0.187 e. The fourth-order valence-corrected chi connectivity index (χ4v) is 2.75. The maximum Gasteiger partial charge on any atom is 0.187 e. The number of thiocarbonyl (C=S) groups is 1. The first kappa shape index (κ1) is 14.8. The Hall–Kier alpha value is -1.62. The van der Waals surface area contributed by atoms with E-state index >= 15 is 0 Å². The molecule has 0 saturated heterocycles. The lowest BCUT2D eigenvalue weighted by Gasteiger charge is -2.21. The second kappa shape index (κ2) is 6.22. The quantitative estimate of drug-likeness (QED) is 0.579. The first-order valence-corrected chi connectivity index (χ1v) is 7.34. The molecule has 0 saturated carbocycles. The van der Waals surface area contributed by atoms with E-state index in [0.29, 0.717) is 10.9 Å². The van der Waals surface area contributed by atoms with Gasteiger partial charge in [0, 0.05) is 11.6 Å². The molecule has 0 bridgehead atoms. The average Bonchev–Trinajstić information content (AvgIpc) is 2.40. The van der Waals surface area contributed by atoms with Gasteiger partial charge in [-0.3, -0.25) is 5.43 Å². The highest BCUT2D eigenvalue weighted by Crippen LogP contribution is 2.31. The summed E-state index contributed by atoms with van der Waals surface area (Å²) in [7, 11) is 0. The lowest BCUT2D eigenvalue weighted by atomic mass is 9.86. The van der Waals surface area contributed by atoms with E-state index in [1.165, 1.54) is 11.1 Å². The second-order valence-electron chi connectivity index (χ2n) is 5.41. The van der Waals surface area contributed by atoms with E-state index in [2.05, 4.69) is 22.8 Å². The third-order valence-electron chi connectivity index (χ3n) is 3.37. The average molecular weight is 291 g/mol. The van der Waals surface area contributed by atoms with Gasteiger partial charge in [0.1, 0.15) is 5.75 Å². The van der Waals surface area contributed by atoms with Crippen molar-refractivity contribution in [3.05, 3.63) is 28.8 Å². The Bertz CT molecular complexity index is 552. The topological polar surface area (TPSA) is 56.7 Å². The Morgan fingerprint density at radius 2 is 2.10 bits per heavy atom. The van der Waals surface area contributed by atoms with Gasteiger partial charge in [-0.25, -0.2) is 0 Å². The molecule has 0 unspecified atom stereocenters. The highest BCUT2D eigenvalue weighted by Gasteiger charge is 2.21. The standard InChI is InChI=1S/C15H21N3OS/c1-9(2)16-15(20)18-17-12-6-4-5-11-10(3)7-8-13(19)14(11)12/h7-9,19H,4-6H2,1-3H3,(H2,16,18,20)/b17-12+. The minimum absolute atomic E-state index is 0.268. The predicted molar refractivity (Wildman–Crippen MR) is 86.3 cm³/mol. The van der Waals surface area contributed by atoms with Crippen LogP contribution in [0, 0.1) is 6.92 Å². The number of phenolic OH excluding ortho intramolecular Hbond substituents is 1. The van der Waals surface area contributed by atoms with Crippen molar-refractivity contribution in [2.24, 2.45) is 5.10 Å². The van der Waals surface area contributed by atoms with E-state index in [1.807, 2.05) is 19.9 Å². The second-order valence-corrected chi connectivity index (χ2v) is 5.82. The number of fused-ring (bicyclic) bond motifs is 1. The maximum absolute atomic E-state index is 10.1. The zero-order valence-corrected chi connectivity index (χ0v) is 13.0. The Morgan fingerprint density at radius 1 is 1.35 bits per heavy atom. The summed E-state index contributed by atoms with van der Waals surface area (Å²) in [6.07, 6.45) is 2.88. The summed E-state index contributed by atoms with van der Waals surface area (Å²) in [5.74, 6) is 0.300. The van der Waals surface area contributed by atoms with Crippen molar-refractivity contribution >= 4 is 23.0 Å². The summed E-state index contributed by atoms with van der Waals surface area (Å²) in [6.45, 7) is 6.11. The van der Waals surface area contributed by atoms with Crippen molar-refractivity contribution in [1.82, 2.24) is 10.7 Å². The van der Waals surface area contributed by atoms with Gasteiger partial charge in [-0.15, -0.1) is 0 Å². The Kier molecular flexibility index (Phi) is 4.60. The molecule has 0 fully saturated rings. The van der Waals surface area contributed by atoms with E-state index in [1.54, 1.807) is 6.07 Å². The molecule has 3 N–H and O–H groups in total. The van der Waals surface area contributed by atoms with Crippen LogP contribution in [0.3, 0.4) is 0 Å². The molecule has 20 heavy (non-hydrogen) atoms. The molecule has 1 aliphatic carbocycles. The molecule has 0 aliphatic heterocycles. The number of hydrazone groups is 1. The van der Waals surface area contributed by atoms with Crippen LogP contribution in [0.2, 0.25) is 0 Å². The summed E-state index contributed by atoms with van der Waals surface area (Å²) in [4.78, 5) is 0. The Labute approximate surface area is 125 Å². The number of aromatic hydroxyl groups is 1. The molecule has 1 aromatic carbocycles. The van der Waals surface area contributed by atoms with Crippen LogP contribution in [0.15, 0.2) is 17.2 Å². The lowest BCUT2D eigenvalue weighted by Crippen LogP contribution is -2.37. The molecule has 0 atom stereocenters. The van der Waals surface area contributed by atoms with Gasteiger partial charge in [-0.2, -0.15) is 5.10 Å². The summed E-state index contributed by atoms with van der Waals surface area (Å²) in [6, 6.07) is 3.96. The first-order valence-electron chi connectivity index (χ1n) is 6.94. The van der Waals surface area contributed by atoms with E-state index in [-0.39, 0.29) is 6.04 Å². The fourth-order valence-electron chi connectivity index (χ4n) is 2.47. The van der Waals surface area contributed by atoms with Gasteiger partial charge in [-0.1, -0.05) is 6.07 Å². The number of phenols is 1. The molecule has 5 heteroatoms. The van der Waals surface area contributed by atoms with Crippen LogP contribution in [0.25, 0.3) is 0 Å². The molecule has 0 radical (unpaired) electrons. The summed E-state index contributed by atoms with van der Waals surface area (Å²) in [5, 5.41) is 18.1. The largest absolute Gasteiger partial charge is 0.507 e. The van der Waals surface area contributed by atoms with Crippen LogP contribution in [0.4, 0.5) is 0 Å². The third-order valence-corrected chi connectivity index (χ3v) is 3.58. The Morgan fingerprint density at radius 3 is 2.80 bits per heavy atom. The zero-order chi connectivity index (χ0) is 14.7. The van der Waals surface area contributed by atoms with Gasteiger partial charge in [0.2, 0.25) is 0 Å². The maximum atomic E-state index is 10.1. The molecule has 0 amide bonds. The number of hydrogen-bond acceptors (Lipinski definition) is 3. The van der Waals surface area contributed by atoms with Crippen molar-refractivity contribution in [2.75, 3.05) is 0 Å². The van der Waals surface area contributed by atoms with Gasteiger partial charge in [0.25, 0.3) is 0 Å². The predicted octanol–water partition coefficient (Wildman–Crippen LogP) is 2.61. The van der Waals surface area contributed by atoms with Crippen molar-refractivity contribution < 1.29 is 5.11 Å². The monoisotopic (exact) mass is 291 g/mol.